The second kappa shape index (κ2) is 4.27. The molecule has 1 N–H and O–H groups in total. The van der Waals surface area contributed by atoms with Gasteiger partial charge in [0.25, 0.3) is 0 Å². The fourth-order valence-electron chi connectivity index (χ4n) is 2.60. The summed E-state index contributed by atoms with van der Waals surface area (Å²) in [7, 11) is 0. The Morgan fingerprint density at radius 3 is 2.88 bits per heavy atom. The van der Waals surface area contributed by atoms with Gasteiger partial charge in [-0.05, 0) is 43.6 Å². The molecule has 3 rings (SSSR count). The minimum atomic E-state index is 0.479. The number of para-hydroxylation sites is 1. The highest BCUT2D eigenvalue weighted by Crippen LogP contribution is 2.27. The van der Waals surface area contributed by atoms with Crippen molar-refractivity contribution in [2.75, 3.05) is 13.2 Å². The standard InChI is InChI=1S/C13H16N2OS/c1-9-3-2-4-11-12(9)14-13(17)15(11)10-5-7-16-8-6-10/h2-4,10H,5-8H2,1H3,(H,14,17). The smallest absolute Gasteiger partial charge is 0.178 e. The van der Waals surface area contributed by atoms with Crippen molar-refractivity contribution in [3.8, 4) is 0 Å². The molecule has 2 heterocycles. The van der Waals surface area contributed by atoms with Crippen LogP contribution in [0.5, 0.6) is 0 Å². The Morgan fingerprint density at radius 2 is 2.12 bits per heavy atom. The average molecular weight is 248 g/mol. The lowest BCUT2D eigenvalue weighted by molar-refractivity contribution is 0.0702. The molecular weight excluding hydrogens is 232 g/mol. The normalized spacial score (nSPS) is 17.7. The number of nitrogens with one attached hydrogen (secondary N) is 1. The van der Waals surface area contributed by atoms with Crippen LogP contribution in [-0.2, 0) is 4.74 Å². The quantitative estimate of drug-likeness (QED) is 0.784. The van der Waals surface area contributed by atoms with Gasteiger partial charge in [-0.2, -0.15) is 0 Å². The van der Waals surface area contributed by atoms with E-state index in [4.69, 9.17) is 17.0 Å². The van der Waals surface area contributed by atoms with Gasteiger partial charge in [0, 0.05) is 19.3 Å². The number of rotatable bonds is 1. The van der Waals surface area contributed by atoms with Crippen LogP contribution in [0.2, 0.25) is 0 Å². The Kier molecular flexibility index (Phi) is 2.76. The molecule has 1 saturated heterocycles. The van der Waals surface area contributed by atoms with E-state index in [-0.39, 0.29) is 0 Å². The Balaban J connectivity index is 2.18. The number of H-pyrrole nitrogens is 1. The molecule has 1 fully saturated rings. The summed E-state index contributed by atoms with van der Waals surface area (Å²) in [5.74, 6) is 0. The van der Waals surface area contributed by atoms with Gasteiger partial charge in [-0.1, -0.05) is 12.1 Å². The van der Waals surface area contributed by atoms with Gasteiger partial charge in [-0.25, -0.2) is 0 Å². The Hall–Kier alpha value is -1.13. The van der Waals surface area contributed by atoms with E-state index in [0.29, 0.717) is 6.04 Å². The number of hydrogen-bond donors (Lipinski definition) is 1. The summed E-state index contributed by atoms with van der Waals surface area (Å²) in [5.41, 5.74) is 3.64. The molecule has 2 aromatic rings. The Labute approximate surface area is 105 Å². The minimum absolute atomic E-state index is 0.479. The first-order valence-corrected chi connectivity index (χ1v) is 6.46. The minimum Gasteiger partial charge on any atom is -0.381 e. The molecule has 0 spiro atoms. The zero-order valence-electron chi connectivity index (χ0n) is 9.90. The van der Waals surface area contributed by atoms with Crippen LogP contribution in [0.1, 0.15) is 24.4 Å². The van der Waals surface area contributed by atoms with Gasteiger partial charge < -0.3 is 14.3 Å². The molecular formula is C13H16N2OS. The van der Waals surface area contributed by atoms with E-state index in [9.17, 15) is 0 Å². The van der Waals surface area contributed by atoms with E-state index in [2.05, 4.69) is 34.7 Å². The van der Waals surface area contributed by atoms with Crippen molar-refractivity contribution in [2.45, 2.75) is 25.8 Å². The number of imidazole rings is 1. The van der Waals surface area contributed by atoms with Crippen LogP contribution in [0.25, 0.3) is 11.0 Å². The molecule has 3 nitrogen and oxygen atoms in total. The van der Waals surface area contributed by atoms with Crippen molar-refractivity contribution in [2.24, 2.45) is 0 Å². The summed E-state index contributed by atoms with van der Waals surface area (Å²) in [6, 6.07) is 6.83. The molecule has 0 saturated carbocycles. The highest BCUT2D eigenvalue weighted by atomic mass is 32.1. The lowest BCUT2D eigenvalue weighted by Crippen LogP contribution is -2.19. The van der Waals surface area contributed by atoms with E-state index in [0.717, 1.165) is 30.8 Å². The molecule has 1 aromatic carbocycles. The molecule has 1 aliphatic heterocycles. The van der Waals surface area contributed by atoms with Crippen molar-refractivity contribution < 1.29 is 4.74 Å². The molecule has 0 unspecified atom stereocenters. The van der Waals surface area contributed by atoms with Crippen molar-refractivity contribution in [1.29, 1.82) is 0 Å². The fraction of sp³-hybridized carbons (Fsp3) is 0.462. The van der Waals surface area contributed by atoms with E-state index in [1.54, 1.807) is 0 Å². The van der Waals surface area contributed by atoms with Crippen LogP contribution in [-0.4, -0.2) is 22.8 Å². The zero-order chi connectivity index (χ0) is 11.8. The lowest BCUT2D eigenvalue weighted by Gasteiger charge is -2.24. The molecule has 0 aliphatic carbocycles. The first kappa shape index (κ1) is 11.0. The molecule has 0 amide bonds. The van der Waals surface area contributed by atoms with E-state index >= 15 is 0 Å². The molecule has 1 aliphatic rings. The number of fused-ring (bicyclic) bond motifs is 1. The highest BCUT2D eigenvalue weighted by molar-refractivity contribution is 7.71. The van der Waals surface area contributed by atoms with Gasteiger partial charge in [0.1, 0.15) is 0 Å². The molecule has 0 bridgehead atoms. The third-order valence-corrected chi connectivity index (χ3v) is 3.82. The van der Waals surface area contributed by atoms with Gasteiger partial charge in [0.15, 0.2) is 4.77 Å². The summed E-state index contributed by atoms with van der Waals surface area (Å²) < 4.78 is 8.51. The Morgan fingerprint density at radius 1 is 1.35 bits per heavy atom. The second-order valence-corrected chi connectivity index (χ2v) is 5.00. The first-order chi connectivity index (χ1) is 8.27. The summed E-state index contributed by atoms with van der Waals surface area (Å²) in [4.78, 5) is 3.33. The number of benzene rings is 1. The van der Waals surface area contributed by atoms with Crippen molar-refractivity contribution >= 4 is 23.3 Å². The van der Waals surface area contributed by atoms with Gasteiger partial charge >= 0.3 is 0 Å². The van der Waals surface area contributed by atoms with Crippen LogP contribution in [0, 0.1) is 11.7 Å². The number of aromatic nitrogens is 2. The molecule has 1 aromatic heterocycles. The largest absolute Gasteiger partial charge is 0.381 e. The molecule has 0 radical (unpaired) electrons. The van der Waals surface area contributed by atoms with Crippen molar-refractivity contribution in [1.82, 2.24) is 9.55 Å². The van der Waals surface area contributed by atoms with E-state index in [1.807, 2.05) is 0 Å². The van der Waals surface area contributed by atoms with Crippen LogP contribution >= 0.6 is 12.2 Å². The predicted molar refractivity (Wildman–Crippen MR) is 70.9 cm³/mol. The fourth-order valence-corrected chi connectivity index (χ4v) is 2.95. The van der Waals surface area contributed by atoms with Gasteiger partial charge in [0.2, 0.25) is 0 Å². The number of nitrogens with zero attached hydrogens (tertiary/aromatic N) is 1. The van der Waals surface area contributed by atoms with Crippen molar-refractivity contribution in [3.05, 3.63) is 28.5 Å². The van der Waals surface area contributed by atoms with Gasteiger partial charge in [0.05, 0.1) is 11.0 Å². The summed E-state index contributed by atoms with van der Waals surface area (Å²) in [5, 5.41) is 0. The number of hydrogen-bond acceptors (Lipinski definition) is 2. The van der Waals surface area contributed by atoms with E-state index in [1.165, 1.54) is 16.6 Å². The zero-order valence-corrected chi connectivity index (χ0v) is 10.7. The van der Waals surface area contributed by atoms with Crippen LogP contribution in [0.3, 0.4) is 0 Å². The van der Waals surface area contributed by atoms with Crippen LogP contribution in [0.4, 0.5) is 0 Å². The summed E-state index contributed by atoms with van der Waals surface area (Å²) in [6.45, 7) is 3.79. The average Bonchev–Trinajstić information content (AvgIpc) is 2.68. The van der Waals surface area contributed by atoms with Gasteiger partial charge in [-0.3, -0.25) is 0 Å². The topological polar surface area (TPSA) is 29.9 Å². The SMILES string of the molecule is Cc1cccc2c1[nH]c(=S)n2C1CCOCC1. The summed E-state index contributed by atoms with van der Waals surface area (Å²) in [6.07, 6.45) is 2.10. The second-order valence-electron chi connectivity index (χ2n) is 4.61. The Bertz CT molecular complexity index is 593. The summed E-state index contributed by atoms with van der Waals surface area (Å²) >= 11 is 5.46. The highest BCUT2D eigenvalue weighted by Gasteiger charge is 2.19. The maximum atomic E-state index is 5.46. The molecule has 90 valence electrons. The maximum Gasteiger partial charge on any atom is 0.178 e. The lowest BCUT2D eigenvalue weighted by atomic mass is 10.1. The van der Waals surface area contributed by atoms with Crippen LogP contribution < -0.4 is 0 Å². The predicted octanol–water partition coefficient (Wildman–Crippen LogP) is 3.36. The first-order valence-electron chi connectivity index (χ1n) is 6.05. The number of aryl methyl sites for hydroxylation is 1. The molecule has 17 heavy (non-hydrogen) atoms. The molecule has 4 heteroatoms. The van der Waals surface area contributed by atoms with Crippen molar-refractivity contribution in [3.63, 3.8) is 0 Å². The molecule has 0 atom stereocenters. The maximum absolute atomic E-state index is 5.46. The monoisotopic (exact) mass is 248 g/mol. The third-order valence-electron chi connectivity index (χ3n) is 3.52. The third kappa shape index (κ3) is 1.81. The van der Waals surface area contributed by atoms with Gasteiger partial charge in [-0.15, -0.1) is 0 Å². The van der Waals surface area contributed by atoms with Crippen LogP contribution in [0.15, 0.2) is 18.2 Å². The number of ether oxygens (including phenoxy) is 1. The van der Waals surface area contributed by atoms with E-state index < -0.39 is 0 Å². The number of aromatic amines is 1.